The van der Waals surface area contributed by atoms with Gasteiger partial charge in [-0.1, -0.05) is 125 Å². The summed E-state index contributed by atoms with van der Waals surface area (Å²) in [5.74, 6) is 2.17. The summed E-state index contributed by atoms with van der Waals surface area (Å²) in [5, 5.41) is 23.0. The van der Waals surface area contributed by atoms with Crippen LogP contribution in [0.5, 0.6) is 11.5 Å². The van der Waals surface area contributed by atoms with Crippen LogP contribution in [0.1, 0.15) is 146 Å². The summed E-state index contributed by atoms with van der Waals surface area (Å²) in [6, 6.07) is 30.2. The molecule has 0 spiro atoms. The molecule has 0 saturated heterocycles. The van der Waals surface area contributed by atoms with E-state index in [0.717, 1.165) is 11.1 Å². The molecule has 2 atom stereocenters. The molecule has 4 aromatic rings. The molecule has 2 aliphatic carbocycles. The van der Waals surface area contributed by atoms with Gasteiger partial charge in [0, 0.05) is 18.3 Å². The molecule has 2 unspecified atom stereocenters. The first-order valence-electron chi connectivity index (χ1n) is 16.8. The molecule has 0 amide bonds. The molecule has 224 valence electrons. The van der Waals surface area contributed by atoms with Crippen molar-refractivity contribution in [1.82, 2.24) is 0 Å². The normalized spacial score (nSPS) is 17.9. The van der Waals surface area contributed by atoms with Crippen molar-refractivity contribution in [3.8, 4) is 11.5 Å². The van der Waals surface area contributed by atoms with Gasteiger partial charge in [0.1, 0.15) is 11.5 Å². The van der Waals surface area contributed by atoms with Crippen LogP contribution in [0, 0.1) is 0 Å². The SMILES string of the molecule is CC(c1ccccc1)c1cc(Cc2cc(C(C)c3ccccc3)c(C3CCCCC3)cc2O)c(O)cc1C1CCCCC1. The van der Waals surface area contributed by atoms with Gasteiger partial charge in [0.15, 0.2) is 0 Å². The lowest BCUT2D eigenvalue weighted by Gasteiger charge is -2.29. The number of phenols is 2. The Morgan fingerprint density at radius 1 is 0.535 bits per heavy atom. The predicted molar refractivity (Wildman–Crippen MR) is 179 cm³/mol. The van der Waals surface area contributed by atoms with E-state index < -0.39 is 0 Å². The van der Waals surface area contributed by atoms with Crippen LogP contribution in [0.15, 0.2) is 84.9 Å². The van der Waals surface area contributed by atoms with Gasteiger partial charge in [0.25, 0.3) is 0 Å². The van der Waals surface area contributed by atoms with Crippen molar-refractivity contribution >= 4 is 0 Å². The van der Waals surface area contributed by atoms with E-state index in [1.165, 1.54) is 97.6 Å². The second-order valence-corrected chi connectivity index (χ2v) is 13.3. The Bertz CT molecular complexity index is 1380. The van der Waals surface area contributed by atoms with Crippen LogP contribution in [-0.4, -0.2) is 10.2 Å². The maximum Gasteiger partial charge on any atom is 0.119 e. The third-order valence-electron chi connectivity index (χ3n) is 10.6. The maximum absolute atomic E-state index is 11.5. The molecule has 0 radical (unpaired) electrons. The van der Waals surface area contributed by atoms with Crippen LogP contribution in [0.4, 0.5) is 0 Å². The van der Waals surface area contributed by atoms with Crippen molar-refractivity contribution in [1.29, 1.82) is 0 Å². The molecule has 0 aromatic heterocycles. The van der Waals surface area contributed by atoms with Crippen molar-refractivity contribution in [3.05, 3.63) is 129 Å². The summed E-state index contributed by atoms with van der Waals surface area (Å²) in [7, 11) is 0. The smallest absolute Gasteiger partial charge is 0.119 e. The van der Waals surface area contributed by atoms with Gasteiger partial charge < -0.3 is 10.2 Å². The molecule has 2 fully saturated rings. The van der Waals surface area contributed by atoms with Crippen LogP contribution in [0.25, 0.3) is 0 Å². The summed E-state index contributed by atoms with van der Waals surface area (Å²) < 4.78 is 0. The minimum atomic E-state index is 0.230. The predicted octanol–water partition coefficient (Wildman–Crippen LogP) is 11.1. The lowest BCUT2D eigenvalue weighted by atomic mass is 9.76. The van der Waals surface area contributed by atoms with E-state index in [4.69, 9.17) is 0 Å². The zero-order chi connectivity index (χ0) is 29.8. The van der Waals surface area contributed by atoms with Crippen LogP contribution in [0.2, 0.25) is 0 Å². The van der Waals surface area contributed by atoms with Crippen LogP contribution < -0.4 is 0 Å². The Hall–Kier alpha value is -3.52. The fraction of sp³-hybridized carbons (Fsp3) is 0.415. The fourth-order valence-corrected chi connectivity index (χ4v) is 7.95. The van der Waals surface area contributed by atoms with E-state index in [1.807, 2.05) is 0 Å². The standard InChI is InChI=1S/C41H48O2/c1-28(30-15-7-3-8-16-30)36-24-34(40(42)26-38(36)32-19-11-5-12-20-32)23-35-25-37(29(2)31-17-9-4-10-18-31)39(27-41(35)43)33-21-13-6-14-22-33/h3-4,7-10,15-18,24-29,32-33,42-43H,5-6,11-14,19-23H2,1-2H3. The summed E-state index contributed by atoms with van der Waals surface area (Å²) in [6.07, 6.45) is 12.9. The van der Waals surface area contributed by atoms with Gasteiger partial charge in [0.05, 0.1) is 0 Å². The van der Waals surface area contributed by atoms with Crippen LogP contribution >= 0.6 is 0 Å². The topological polar surface area (TPSA) is 40.5 Å². The van der Waals surface area contributed by atoms with E-state index >= 15 is 0 Å². The summed E-state index contributed by atoms with van der Waals surface area (Å²) >= 11 is 0. The largest absolute Gasteiger partial charge is 0.508 e. The third-order valence-corrected chi connectivity index (χ3v) is 10.6. The minimum absolute atomic E-state index is 0.230. The van der Waals surface area contributed by atoms with Gasteiger partial charge in [-0.25, -0.2) is 0 Å². The van der Waals surface area contributed by atoms with Crippen LogP contribution in [-0.2, 0) is 6.42 Å². The van der Waals surface area contributed by atoms with Gasteiger partial charge in [-0.15, -0.1) is 0 Å². The van der Waals surface area contributed by atoms with Gasteiger partial charge in [-0.05, 0) is 94.2 Å². The monoisotopic (exact) mass is 572 g/mol. The number of hydrogen-bond donors (Lipinski definition) is 2. The molecule has 2 N–H and O–H groups in total. The molecule has 0 aliphatic heterocycles. The Labute approximate surface area is 258 Å². The van der Waals surface area contributed by atoms with E-state index in [9.17, 15) is 10.2 Å². The second kappa shape index (κ2) is 13.4. The van der Waals surface area contributed by atoms with Gasteiger partial charge in [-0.3, -0.25) is 0 Å². The molecule has 2 aliphatic rings. The number of benzene rings is 4. The molecule has 2 heteroatoms. The lowest BCUT2D eigenvalue weighted by Crippen LogP contribution is -2.12. The minimum Gasteiger partial charge on any atom is -0.508 e. The molecule has 2 nitrogen and oxygen atoms in total. The second-order valence-electron chi connectivity index (χ2n) is 13.3. The summed E-state index contributed by atoms with van der Waals surface area (Å²) in [6.45, 7) is 4.60. The first-order valence-corrected chi connectivity index (χ1v) is 16.8. The van der Waals surface area contributed by atoms with E-state index in [-0.39, 0.29) is 11.8 Å². The highest BCUT2D eigenvalue weighted by atomic mass is 16.3. The Morgan fingerprint density at radius 2 is 0.907 bits per heavy atom. The maximum atomic E-state index is 11.5. The van der Waals surface area contributed by atoms with Crippen molar-refractivity contribution in [2.75, 3.05) is 0 Å². The van der Waals surface area contributed by atoms with Crippen molar-refractivity contribution < 1.29 is 10.2 Å². The zero-order valence-electron chi connectivity index (χ0n) is 26.1. The van der Waals surface area contributed by atoms with Gasteiger partial charge in [0.2, 0.25) is 0 Å². The van der Waals surface area contributed by atoms with Crippen molar-refractivity contribution in [2.45, 2.75) is 108 Å². The Kier molecular flexibility index (Phi) is 9.22. The van der Waals surface area contributed by atoms with Crippen LogP contribution in [0.3, 0.4) is 0 Å². The third kappa shape index (κ3) is 6.54. The molecular formula is C41H48O2. The molecule has 6 rings (SSSR count). The molecule has 43 heavy (non-hydrogen) atoms. The molecular weight excluding hydrogens is 524 g/mol. The number of rotatable bonds is 8. The van der Waals surface area contributed by atoms with E-state index in [2.05, 4.69) is 98.8 Å². The van der Waals surface area contributed by atoms with Gasteiger partial charge >= 0.3 is 0 Å². The summed E-state index contributed by atoms with van der Waals surface area (Å²) in [4.78, 5) is 0. The first-order chi connectivity index (χ1) is 21.0. The van der Waals surface area contributed by atoms with Crippen molar-refractivity contribution in [3.63, 3.8) is 0 Å². The van der Waals surface area contributed by atoms with Crippen molar-refractivity contribution in [2.24, 2.45) is 0 Å². The highest BCUT2D eigenvalue weighted by Crippen LogP contribution is 2.44. The molecule has 0 heterocycles. The fourth-order valence-electron chi connectivity index (χ4n) is 7.95. The Morgan fingerprint density at radius 3 is 1.28 bits per heavy atom. The average molecular weight is 573 g/mol. The number of hydrogen-bond acceptors (Lipinski definition) is 2. The van der Waals surface area contributed by atoms with E-state index in [0.29, 0.717) is 29.8 Å². The first kappa shape index (κ1) is 29.5. The molecule has 4 aromatic carbocycles. The average Bonchev–Trinajstić information content (AvgIpc) is 3.07. The number of aromatic hydroxyl groups is 2. The molecule has 0 bridgehead atoms. The van der Waals surface area contributed by atoms with Gasteiger partial charge in [-0.2, -0.15) is 0 Å². The Balaban J connectivity index is 1.41. The highest BCUT2D eigenvalue weighted by molar-refractivity contribution is 5.53. The highest BCUT2D eigenvalue weighted by Gasteiger charge is 2.26. The summed E-state index contributed by atoms with van der Waals surface area (Å²) in [5.41, 5.74) is 9.67. The molecule has 2 saturated carbocycles. The number of phenolic OH excluding ortho intramolecular Hbond substituents is 2. The van der Waals surface area contributed by atoms with E-state index in [1.54, 1.807) is 0 Å². The quantitative estimate of drug-likeness (QED) is 0.220. The zero-order valence-corrected chi connectivity index (χ0v) is 26.1. The lowest BCUT2D eigenvalue weighted by molar-refractivity contribution is 0.432.